The first-order chi connectivity index (χ1) is 12.1. The van der Waals surface area contributed by atoms with E-state index in [-0.39, 0.29) is 22.9 Å². The highest BCUT2D eigenvalue weighted by molar-refractivity contribution is 8.01. The predicted octanol–water partition coefficient (Wildman–Crippen LogP) is 4.10. The Morgan fingerprint density at radius 2 is 1.68 bits per heavy atom. The number of esters is 1. The Morgan fingerprint density at radius 1 is 1.04 bits per heavy atom. The highest BCUT2D eigenvalue weighted by Crippen LogP contribution is 2.23. The Balaban J connectivity index is 1.83. The molecular weight excluding hydrogens is 338 g/mol. The van der Waals surface area contributed by atoms with E-state index in [1.165, 1.54) is 11.8 Å². The van der Waals surface area contributed by atoms with Crippen molar-refractivity contribution >= 4 is 29.3 Å². The lowest BCUT2D eigenvalue weighted by atomic mass is 10.3. The lowest BCUT2D eigenvalue weighted by molar-refractivity contribution is -0.139. The molecule has 2 aromatic rings. The Hall–Kier alpha value is -2.47. The van der Waals surface area contributed by atoms with Crippen LogP contribution in [-0.4, -0.2) is 29.5 Å². The van der Waals surface area contributed by atoms with Crippen LogP contribution in [0, 0.1) is 0 Å². The van der Waals surface area contributed by atoms with Crippen molar-refractivity contribution in [3.63, 3.8) is 0 Å². The summed E-state index contributed by atoms with van der Waals surface area (Å²) in [5.41, 5.74) is 0.675. The lowest BCUT2D eigenvalue weighted by Gasteiger charge is -2.12. The molecule has 0 saturated heterocycles. The molecule has 1 amide bonds. The minimum absolute atomic E-state index is 0.159. The molecule has 0 aliphatic heterocycles. The van der Waals surface area contributed by atoms with Crippen LogP contribution in [0.4, 0.5) is 5.69 Å². The molecule has 0 aliphatic rings. The minimum Gasteiger partial charge on any atom is -0.465 e. The second-order valence-electron chi connectivity index (χ2n) is 5.19. The predicted molar refractivity (Wildman–Crippen MR) is 100 cm³/mol. The number of ether oxygens (including phenoxy) is 2. The fraction of sp³-hybridized carbons (Fsp3) is 0.263. The topological polar surface area (TPSA) is 64.6 Å². The number of amides is 1. The summed E-state index contributed by atoms with van der Waals surface area (Å²) >= 11 is 1.25. The van der Waals surface area contributed by atoms with Crippen LogP contribution in [-0.2, 0) is 14.3 Å². The summed E-state index contributed by atoms with van der Waals surface area (Å²) in [6.07, 6.45) is 0. The van der Waals surface area contributed by atoms with E-state index in [1.54, 1.807) is 38.1 Å². The zero-order valence-electron chi connectivity index (χ0n) is 14.2. The first-order valence-corrected chi connectivity index (χ1v) is 9.04. The third kappa shape index (κ3) is 6.51. The van der Waals surface area contributed by atoms with Gasteiger partial charge in [-0.05, 0) is 50.2 Å². The number of nitrogens with one attached hydrogen (secondary N) is 1. The monoisotopic (exact) mass is 359 g/mol. The van der Waals surface area contributed by atoms with E-state index in [9.17, 15) is 9.59 Å². The van der Waals surface area contributed by atoms with Crippen LogP contribution in [0.1, 0.15) is 13.8 Å². The summed E-state index contributed by atoms with van der Waals surface area (Å²) in [5, 5.41) is 2.46. The fourth-order valence-corrected chi connectivity index (χ4v) is 2.63. The Morgan fingerprint density at radius 3 is 2.32 bits per heavy atom. The maximum atomic E-state index is 12.1. The van der Waals surface area contributed by atoms with Crippen LogP contribution in [0.2, 0.25) is 0 Å². The number of carbonyl (C=O) groups excluding carboxylic acids is 2. The minimum atomic E-state index is -0.357. The average molecular weight is 359 g/mol. The molecule has 6 heteroatoms. The summed E-state index contributed by atoms with van der Waals surface area (Å²) in [7, 11) is 0. The van der Waals surface area contributed by atoms with Crippen molar-refractivity contribution in [2.45, 2.75) is 19.1 Å². The van der Waals surface area contributed by atoms with Gasteiger partial charge in [0.05, 0.1) is 17.6 Å². The number of anilines is 1. The molecular formula is C19H21NO4S. The zero-order chi connectivity index (χ0) is 18.1. The van der Waals surface area contributed by atoms with E-state index in [2.05, 4.69) is 5.32 Å². The van der Waals surface area contributed by atoms with E-state index in [4.69, 9.17) is 9.47 Å². The number of carbonyl (C=O) groups is 2. The van der Waals surface area contributed by atoms with Crippen LogP contribution < -0.4 is 10.1 Å². The average Bonchev–Trinajstić information content (AvgIpc) is 2.62. The van der Waals surface area contributed by atoms with E-state index in [1.807, 2.05) is 30.3 Å². The van der Waals surface area contributed by atoms with Crippen molar-refractivity contribution < 1.29 is 19.1 Å². The van der Waals surface area contributed by atoms with Crippen molar-refractivity contribution in [2.75, 3.05) is 17.7 Å². The van der Waals surface area contributed by atoms with Gasteiger partial charge in [-0.25, -0.2) is 0 Å². The third-order valence-corrected chi connectivity index (χ3v) is 4.34. The standard InChI is InChI=1S/C19H21NO4S/c1-3-23-18(21)13-25-14(2)19(22)20-15-9-11-17(12-10-15)24-16-7-5-4-6-8-16/h4-12,14H,3,13H2,1-2H3,(H,20,22). The molecule has 1 N–H and O–H groups in total. The van der Waals surface area contributed by atoms with E-state index in [0.717, 1.165) is 5.75 Å². The summed E-state index contributed by atoms with van der Waals surface area (Å²) in [6, 6.07) is 16.6. The first-order valence-electron chi connectivity index (χ1n) is 7.99. The van der Waals surface area contributed by atoms with E-state index >= 15 is 0 Å². The van der Waals surface area contributed by atoms with Crippen molar-refractivity contribution in [3.05, 3.63) is 54.6 Å². The number of hydrogen-bond acceptors (Lipinski definition) is 5. The molecule has 0 bridgehead atoms. The number of thioether (sulfide) groups is 1. The molecule has 2 rings (SSSR count). The van der Waals surface area contributed by atoms with Crippen molar-refractivity contribution in [2.24, 2.45) is 0 Å². The molecule has 132 valence electrons. The number of hydrogen-bond donors (Lipinski definition) is 1. The molecule has 5 nitrogen and oxygen atoms in total. The molecule has 0 aliphatic carbocycles. The number of benzene rings is 2. The van der Waals surface area contributed by atoms with Crippen molar-refractivity contribution in [1.29, 1.82) is 0 Å². The van der Waals surface area contributed by atoms with Gasteiger partial charge < -0.3 is 14.8 Å². The Labute approximate surface area is 151 Å². The first kappa shape index (κ1) is 18.9. The molecule has 2 aromatic carbocycles. The lowest BCUT2D eigenvalue weighted by Crippen LogP contribution is -2.24. The largest absolute Gasteiger partial charge is 0.465 e. The van der Waals surface area contributed by atoms with Gasteiger partial charge in [0.2, 0.25) is 5.91 Å². The molecule has 1 unspecified atom stereocenters. The summed E-state index contributed by atoms with van der Waals surface area (Å²) in [6.45, 7) is 3.85. The quantitative estimate of drug-likeness (QED) is 0.719. The van der Waals surface area contributed by atoms with Crippen molar-refractivity contribution in [3.8, 4) is 11.5 Å². The second kappa shape index (κ2) is 9.74. The molecule has 0 fully saturated rings. The SMILES string of the molecule is CCOC(=O)CSC(C)C(=O)Nc1ccc(Oc2ccccc2)cc1. The summed E-state index contributed by atoms with van der Waals surface area (Å²) in [5.74, 6) is 1.13. The Kier molecular flexibility index (Phi) is 7.35. The molecule has 0 spiro atoms. The zero-order valence-corrected chi connectivity index (χ0v) is 15.0. The highest BCUT2D eigenvalue weighted by atomic mass is 32.2. The fourth-order valence-electron chi connectivity index (χ4n) is 1.95. The molecule has 0 heterocycles. The van der Waals surface area contributed by atoms with Gasteiger partial charge in [0.1, 0.15) is 11.5 Å². The molecule has 1 atom stereocenters. The maximum absolute atomic E-state index is 12.1. The molecule has 25 heavy (non-hydrogen) atoms. The smallest absolute Gasteiger partial charge is 0.315 e. The van der Waals surface area contributed by atoms with Gasteiger partial charge in [-0.2, -0.15) is 0 Å². The van der Waals surface area contributed by atoms with Gasteiger partial charge in [-0.15, -0.1) is 11.8 Å². The van der Waals surface area contributed by atoms with Gasteiger partial charge in [-0.1, -0.05) is 18.2 Å². The number of para-hydroxylation sites is 1. The van der Waals surface area contributed by atoms with E-state index in [0.29, 0.717) is 18.0 Å². The van der Waals surface area contributed by atoms with Crippen LogP contribution in [0.25, 0.3) is 0 Å². The molecule has 0 aromatic heterocycles. The number of rotatable bonds is 8. The van der Waals surface area contributed by atoms with Crippen molar-refractivity contribution in [1.82, 2.24) is 0 Å². The van der Waals surface area contributed by atoms with Crippen LogP contribution in [0.5, 0.6) is 11.5 Å². The van der Waals surface area contributed by atoms with Crippen LogP contribution in [0.3, 0.4) is 0 Å². The second-order valence-corrected chi connectivity index (χ2v) is 6.52. The molecule has 0 saturated carbocycles. The summed E-state index contributed by atoms with van der Waals surface area (Å²) < 4.78 is 10.6. The maximum Gasteiger partial charge on any atom is 0.315 e. The van der Waals surface area contributed by atoms with Gasteiger partial charge in [0, 0.05) is 5.69 Å². The van der Waals surface area contributed by atoms with Crippen LogP contribution >= 0.6 is 11.8 Å². The van der Waals surface area contributed by atoms with Gasteiger partial charge in [0.15, 0.2) is 0 Å². The molecule has 0 radical (unpaired) electrons. The highest BCUT2D eigenvalue weighted by Gasteiger charge is 2.15. The normalized spacial score (nSPS) is 11.4. The Bertz CT molecular complexity index is 688. The summed E-state index contributed by atoms with van der Waals surface area (Å²) in [4.78, 5) is 23.5. The van der Waals surface area contributed by atoms with Crippen LogP contribution in [0.15, 0.2) is 54.6 Å². The van der Waals surface area contributed by atoms with Gasteiger partial charge in [-0.3, -0.25) is 9.59 Å². The van der Waals surface area contributed by atoms with Gasteiger partial charge in [0.25, 0.3) is 0 Å². The van der Waals surface area contributed by atoms with Gasteiger partial charge >= 0.3 is 5.97 Å². The third-order valence-electron chi connectivity index (χ3n) is 3.23. The van der Waals surface area contributed by atoms with E-state index < -0.39 is 0 Å².